The predicted molar refractivity (Wildman–Crippen MR) is 127 cm³/mol. The SMILES string of the molecule is COc1ccc(-[n+]2[nH]oc(=O)c2C(=O)c2sc3nc(C)c(C(C)=O)c(-c4ccco4)c3c2N)cc1. The van der Waals surface area contributed by atoms with Gasteiger partial charge in [0.15, 0.2) is 5.78 Å². The van der Waals surface area contributed by atoms with Gasteiger partial charge in [-0.05, 0) is 48.1 Å². The molecule has 5 rings (SSSR count). The van der Waals surface area contributed by atoms with Crippen molar-refractivity contribution in [1.82, 2.24) is 10.3 Å². The van der Waals surface area contributed by atoms with Gasteiger partial charge in [-0.3, -0.25) is 14.1 Å². The Kier molecular flexibility index (Phi) is 5.33. The minimum absolute atomic E-state index is 0.0922. The predicted octanol–water partition coefficient (Wildman–Crippen LogP) is 3.45. The van der Waals surface area contributed by atoms with Gasteiger partial charge in [-0.2, -0.15) is 0 Å². The molecule has 0 fully saturated rings. The van der Waals surface area contributed by atoms with E-state index in [9.17, 15) is 14.4 Å². The van der Waals surface area contributed by atoms with Crippen LogP contribution in [0.1, 0.15) is 38.3 Å². The first kappa shape index (κ1) is 22.3. The van der Waals surface area contributed by atoms with Crippen LogP contribution < -0.4 is 20.8 Å². The standard InChI is InChI=1S/C24H18N4O6S/c1-11-16(12(2)29)17(15-5-4-10-33-15)18-19(25)22(35-23(18)26-11)21(30)20-24(31)34-27-28(20)13-6-8-14(32-3)9-7-13/h4-10H,1-3H3,(H2-,25,27,30,31)/p+1. The van der Waals surface area contributed by atoms with E-state index in [0.717, 1.165) is 11.3 Å². The van der Waals surface area contributed by atoms with E-state index in [1.54, 1.807) is 43.3 Å². The quantitative estimate of drug-likeness (QED) is 0.271. The number of ether oxygens (including phenoxy) is 1. The average molecular weight is 492 g/mol. The van der Waals surface area contributed by atoms with Crippen LogP contribution in [0.4, 0.5) is 5.69 Å². The van der Waals surface area contributed by atoms with Gasteiger partial charge in [-0.15, -0.1) is 11.3 Å². The van der Waals surface area contributed by atoms with Crippen LogP contribution in [-0.2, 0) is 0 Å². The number of benzene rings is 1. The normalized spacial score (nSPS) is 11.2. The Morgan fingerprint density at radius 3 is 2.57 bits per heavy atom. The fourth-order valence-corrected chi connectivity index (χ4v) is 5.11. The molecule has 11 heteroatoms. The van der Waals surface area contributed by atoms with Crippen LogP contribution in [-0.4, -0.2) is 28.9 Å². The Morgan fingerprint density at radius 1 is 1.20 bits per heavy atom. The van der Waals surface area contributed by atoms with E-state index in [1.807, 2.05) is 0 Å². The summed E-state index contributed by atoms with van der Waals surface area (Å²) in [6, 6.07) is 10.1. The molecule has 0 amide bonds. The lowest BCUT2D eigenvalue weighted by molar-refractivity contribution is -0.672. The van der Waals surface area contributed by atoms with Crippen molar-refractivity contribution in [2.24, 2.45) is 0 Å². The van der Waals surface area contributed by atoms with Crippen LogP contribution in [0.5, 0.6) is 5.75 Å². The summed E-state index contributed by atoms with van der Waals surface area (Å²) in [5.41, 5.74) is 7.21. The molecule has 4 heterocycles. The topological polar surface area (TPSA) is 145 Å². The lowest BCUT2D eigenvalue weighted by Gasteiger charge is -2.10. The number of thiophene rings is 1. The molecule has 1 aromatic carbocycles. The van der Waals surface area contributed by atoms with Crippen molar-refractivity contribution in [2.45, 2.75) is 13.8 Å². The molecule has 0 saturated heterocycles. The summed E-state index contributed by atoms with van der Waals surface area (Å²) in [4.78, 5) is 43.7. The van der Waals surface area contributed by atoms with Crippen molar-refractivity contribution in [3.05, 3.63) is 74.9 Å². The molecule has 10 nitrogen and oxygen atoms in total. The zero-order valence-electron chi connectivity index (χ0n) is 18.9. The van der Waals surface area contributed by atoms with Crippen LogP contribution >= 0.6 is 11.3 Å². The molecule has 3 N–H and O–H groups in total. The summed E-state index contributed by atoms with van der Waals surface area (Å²) in [6.45, 7) is 3.14. The number of fused-ring (bicyclic) bond motifs is 1. The highest BCUT2D eigenvalue weighted by atomic mass is 32.1. The summed E-state index contributed by atoms with van der Waals surface area (Å²) >= 11 is 1.03. The summed E-state index contributed by atoms with van der Waals surface area (Å²) in [5.74, 6) is 0.160. The Morgan fingerprint density at radius 2 is 1.94 bits per heavy atom. The first-order valence-corrected chi connectivity index (χ1v) is 11.2. The number of Topliss-reactive ketones (excluding diaryl/α,β-unsaturated/α-hetero) is 1. The van der Waals surface area contributed by atoms with Gasteiger partial charge in [-0.25, -0.2) is 9.78 Å². The lowest BCUT2D eigenvalue weighted by atomic mass is 9.97. The molecule has 35 heavy (non-hydrogen) atoms. The number of nitrogen functional groups attached to an aromatic ring is 1. The molecule has 0 unspecified atom stereocenters. The Labute approximate surface area is 201 Å². The van der Waals surface area contributed by atoms with E-state index < -0.39 is 11.4 Å². The zero-order chi connectivity index (χ0) is 24.9. The minimum Gasteiger partial charge on any atom is -0.497 e. The second-order valence-corrected chi connectivity index (χ2v) is 8.70. The van der Waals surface area contributed by atoms with E-state index >= 15 is 0 Å². The third-order valence-electron chi connectivity index (χ3n) is 5.58. The highest BCUT2D eigenvalue weighted by Gasteiger charge is 2.36. The van der Waals surface area contributed by atoms with Gasteiger partial charge in [-0.1, -0.05) is 0 Å². The molecule has 0 aliphatic heterocycles. The Hall–Kier alpha value is -4.51. The Balaban J connectivity index is 1.73. The zero-order valence-corrected chi connectivity index (χ0v) is 19.7. The molecule has 0 aliphatic rings. The molecule has 0 spiro atoms. The number of aromatic amines is 1. The molecule has 5 aromatic rings. The molecule has 0 bridgehead atoms. The summed E-state index contributed by atoms with van der Waals surface area (Å²) in [5, 5.41) is 2.87. The van der Waals surface area contributed by atoms with E-state index in [2.05, 4.69) is 10.3 Å². The number of furan rings is 1. The van der Waals surface area contributed by atoms with Crippen molar-refractivity contribution in [3.8, 4) is 22.8 Å². The van der Waals surface area contributed by atoms with Crippen LogP contribution in [0.2, 0.25) is 0 Å². The first-order valence-electron chi connectivity index (χ1n) is 10.4. The van der Waals surface area contributed by atoms with Crippen LogP contribution in [0.15, 0.2) is 56.4 Å². The number of aryl methyl sites for hydroxylation is 1. The van der Waals surface area contributed by atoms with Gasteiger partial charge in [0.05, 0.1) is 30.3 Å². The van der Waals surface area contributed by atoms with Gasteiger partial charge in [0.1, 0.15) is 21.2 Å². The minimum atomic E-state index is -0.859. The molecular weight excluding hydrogens is 472 g/mol. The van der Waals surface area contributed by atoms with E-state index in [4.69, 9.17) is 19.4 Å². The number of anilines is 1. The van der Waals surface area contributed by atoms with Crippen molar-refractivity contribution in [3.63, 3.8) is 0 Å². The van der Waals surface area contributed by atoms with E-state index in [1.165, 1.54) is 25.0 Å². The third kappa shape index (κ3) is 3.53. The number of ketones is 2. The fourth-order valence-electron chi connectivity index (χ4n) is 4.02. The van der Waals surface area contributed by atoms with Gasteiger partial charge < -0.3 is 14.9 Å². The molecule has 0 radical (unpaired) electrons. The maximum Gasteiger partial charge on any atom is 0.439 e. The molecule has 4 aromatic heterocycles. The maximum absolute atomic E-state index is 13.6. The van der Waals surface area contributed by atoms with Gasteiger partial charge in [0.25, 0.3) is 5.78 Å². The largest absolute Gasteiger partial charge is 0.497 e. The van der Waals surface area contributed by atoms with Gasteiger partial charge in [0.2, 0.25) is 5.69 Å². The second-order valence-electron chi connectivity index (χ2n) is 7.70. The smallest absolute Gasteiger partial charge is 0.439 e. The average Bonchev–Trinajstić information content (AvgIpc) is 3.57. The summed E-state index contributed by atoms with van der Waals surface area (Å²) in [6.07, 6.45) is 1.48. The van der Waals surface area contributed by atoms with Gasteiger partial charge in [0, 0.05) is 23.1 Å². The number of hydrogen-bond donors (Lipinski definition) is 2. The van der Waals surface area contributed by atoms with Crippen molar-refractivity contribution in [1.29, 1.82) is 0 Å². The fraction of sp³-hybridized carbons (Fsp3) is 0.125. The number of nitrogens with zero attached hydrogens (tertiary/aromatic N) is 2. The maximum atomic E-state index is 13.6. The van der Waals surface area contributed by atoms with Crippen molar-refractivity contribution >= 4 is 38.8 Å². The monoisotopic (exact) mass is 491 g/mol. The lowest BCUT2D eigenvalue weighted by Crippen LogP contribution is -2.41. The molecule has 0 atom stereocenters. The number of pyridine rings is 1. The highest BCUT2D eigenvalue weighted by Crippen LogP contribution is 2.42. The molecule has 176 valence electrons. The second kappa shape index (κ2) is 8.37. The summed E-state index contributed by atoms with van der Waals surface area (Å²) in [7, 11) is 1.53. The molecule has 0 saturated carbocycles. The highest BCUT2D eigenvalue weighted by molar-refractivity contribution is 7.21. The molecule has 0 aliphatic carbocycles. The van der Waals surface area contributed by atoms with Crippen molar-refractivity contribution in [2.75, 3.05) is 12.8 Å². The Bertz CT molecular complexity index is 1660. The number of nitrogens with two attached hydrogens (primary N) is 1. The van der Waals surface area contributed by atoms with E-state index in [0.29, 0.717) is 44.2 Å². The summed E-state index contributed by atoms with van der Waals surface area (Å²) < 4.78 is 16.9. The molecular formula is C24H19N4O6S+. The van der Waals surface area contributed by atoms with Gasteiger partial charge >= 0.3 is 11.3 Å². The number of rotatable bonds is 6. The number of hydrogen-bond acceptors (Lipinski definition) is 9. The van der Waals surface area contributed by atoms with Crippen LogP contribution in [0.25, 0.3) is 27.2 Å². The van der Waals surface area contributed by atoms with Crippen LogP contribution in [0, 0.1) is 6.92 Å². The van der Waals surface area contributed by atoms with Crippen LogP contribution in [0.3, 0.4) is 0 Å². The number of carbonyl (C=O) groups is 2. The van der Waals surface area contributed by atoms with Crippen molar-refractivity contribution < 1.29 is 27.9 Å². The number of nitrogens with one attached hydrogen (secondary N) is 1. The number of carbonyl (C=O) groups excluding carboxylic acids is 2. The first-order chi connectivity index (χ1) is 16.8. The number of H-pyrrole nitrogens is 1. The van der Waals surface area contributed by atoms with E-state index in [-0.39, 0.29) is 22.0 Å². The number of aromatic nitrogens is 3. The third-order valence-corrected chi connectivity index (χ3v) is 6.67. The number of methoxy groups -OCH3 is 1.